The van der Waals surface area contributed by atoms with Crippen LogP contribution in [0.15, 0.2) is 0 Å². The first-order valence-electron chi connectivity index (χ1n) is 7.89. The number of nitrogens with zero attached hydrogens (tertiary/aromatic N) is 4. The molecule has 21 heavy (non-hydrogen) atoms. The molecule has 0 bridgehead atoms. The molecule has 2 aliphatic rings. The molecule has 0 spiro atoms. The summed E-state index contributed by atoms with van der Waals surface area (Å²) in [6.45, 7) is 5.04. The topological polar surface area (TPSA) is 89.2 Å². The van der Waals surface area contributed by atoms with E-state index in [0.717, 1.165) is 25.8 Å². The number of rotatable bonds is 5. The van der Waals surface area contributed by atoms with Crippen LogP contribution in [-0.2, 0) is 0 Å². The van der Waals surface area contributed by atoms with E-state index in [2.05, 4.69) is 25.2 Å². The van der Waals surface area contributed by atoms with Crippen LogP contribution >= 0.6 is 0 Å². The zero-order valence-electron chi connectivity index (χ0n) is 12.6. The van der Waals surface area contributed by atoms with Gasteiger partial charge >= 0.3 is 6.01 Å². The molecular weight excluding hydrogens is 268 g/mol. The summed E-state index contributed by atoms with van der Waals surface area (Å²) in [6.07, 6.45) is 5.81. The standard InChI is InChI=1S/C14H24N6O/c1-2-8-21-14-18-12(15)17-13(19-14)16-10-5-7-20-6-3-4-11(20)9-10/h10-11H,2-9H2,1H3,(H3,15,16,17,18,19). The number of piperidine rings is 1. The zero-order valence-corrected chi connectivity index (χ0v) is 12.6. The van der Waals surface area contributed by atoms with E-state index in [-0.39, 0.29) is 5.95 Å². The number of aromatic nitrogens is 3. The van der Waals surface area contributed by atoms with E-state index in [0.29, 0.717) is 30.6 Å². The second-order valence-corrected chi connectivity index (χ2v) is 5.85. The van der Waals surface area contributed by atoms with Crippen LogP contribution in [0.5, 0.6) is 6.01 Å². The van der Waals surface area contributed by atoms with Crippen molar-refractivity contribution in [2.24, 2.45) is 0 Å². The van der Waals surface area contributed by atoms with Crippen LogP contribution in [0.2, 0.25) is 0 Å². The summed E-state index contributed by atoms with van der Waals surface area (Å²) < 4.78 is 5.44. The van der Waals surface area contributed by atoms with E-state index < -0.39 is 0 Å². The molecule has 0 aliphatic carbocycles. The Labute approximate surface area is 125 Å². The molecule has 7 heteroatoms. The lowest BCUT2D eigenvalue weighted by Gasteiger charge is -2.35. The van der Waals surface area contributed by atoms with Crippen LogP contribution < -0.4 is 15.8 Å². The van der Waals surface area contributed by atoms with Gasteiger partial charge in [0.05, 0.1) is 6.61 Å². The SMILES string of the molecule is CCCOc1nc(N)nc(NC2CCN3CCCC3C2)n1. The van der Waals surface area contributed by atoms with Crippen molar-refractivity contribution in [3.63, 3.8) is 0 Å². The predicted octanol–water partition coefficient (Wildman–Crippen LogP) is 1.28. The van der Waals surface area contributed by atoms with Gasteiger partial charge in [0.25, 0.3) is 0 Å². The molecule has 7 nitrogen and oxygen atoms in total. The van der Waals surface area contributed by atoms with Gasteiger partial charge in [-0.25, -0.2) is 0 Å². The van der Waals surface area contributed by atoms with Crippen molar-refractivity contribution in [1.82, 2.24) is 19.9 Å². The van der Waals surface area contributed by atoms with Crippen LogP contribution in [0, 0.1) is 0 Å². The summed E-state index contributed by atoms with van der Waals surface area (Å²) in [5.74, 6) is 0.738. The van der Waals surface area contributed by atoms with E-state index in [4.69, 9.17) is 10.5 Å². The molecule has 2 unspecified atom stereocenters. The van der Waals surface area contributed by atoms with Crippen molar-refractivity contribution in [1.29, 1.82) is 0 Å². The number of nitrogens with two attached hydrogens (primary N) is 1. The highest BCUT2D eigenvalue weighted by Gasteiger charge is 2.31. The molecule has 2 saturated heterocycles. The van der Waals surface area contributed by atoms with Crippen LogP contribution in [0.1, 0.15) is 39.0 Å². The van der Waals surface area contributed by atoms with Crippen molar-refractivity contribution < 1.29 is 4.74 Å². The fourth-order valence-electron chi connectivity index (χ4n) is 3.23. The molecule has 3 N–H and O–H groups in total. The van der Waals surface area contributed by atoms with Gasteiger partial charge in [-0.1, -0.05) is 6.92 Å². The maximum absolute atomic E-state index is 5.73. The number of anilines is 2. The van der Waals surface area contributed by atoms with Crippen LogP contribution in [0.25, 0.3) is 0 Å². The second kappa shape index (κ2) is 6.43. The maximum Gasteiger partial charge on any atom is 0.323 e. The van der Waals surface area contributed by atoms with Gasteiger partial charge in [-0.15, -0.1) is 0 Å². The molecule has 1 aromatic rings. The Morgan fingerprint density at radius 1 is 1.29 bits per heavy atom. The molecule has 0 radical (unpaired) electrons. The summed E-state index contributed by atoms with van der Waals surface area (Å²) in [6, 6.07) is 1.43. The van der Waals surface area contributed by atoms with Crippen molar-refractivity contribution in [3.05, 3.63) is 0 Å². The van der Waals surface area contributed by atoms with Crippen molar-refractivity contribution >= 4 is 11.9 Å². The molecular formula is C14H24N6O. The lowest BCUT2D eigenvalue weighted by Crippen LogP contribution is -2.43. The minimum atomic E-state index is 0.205. The third-order valence-corrected chi connectivity index (χ3v) is 4.22. The molecule has 3 heterocycles. The van der Waals surface area contributed by atoms with Gasteiger partial charge in [0.15, 0.2) is 0 Å². The van der Waals surface area contributed by atoms with E-state index in [1.165, 1.54) is 19.4 Å². The molecule has 0 aromatic carbocycles. The quantitative estimate of drug-likeness (QED) is 0.845. The van der Waals surface area contributed by atoms with E-state index in [9.17, 15) is 0 Å². The lowest BCUT2D eigenvalue weighted by molar-refractivity contribution is 0.187. The van der Waals surface area contributed by atoms with Gasteiger partial charge in [-0.3, -0.25) is 0 Å². The van der Waals surface area contributed by atoms with E-state index in [1.54, 1.807) is 0 Å². The fourth-order valence-corrected chi connectivity index (χ4v) is 3.23. The van der Waals surface area contributed by atoms with Crippen molar-refractivity contribution in [2.45, 2.75) is 51.1 Å². The van der Waals surface area contributed by atoms with Crippen LogP contribution in [-0.4, -0.2) is 51.6 Å². The van der Waals surface area contributed by atoms with Crippen molar-refractivity contribution in [2.75, 3.05) is 30.7 Å². The van der Waals surface area contributed by atoms with Gasteiger partial charge in [-0.05, 0) is 38.6 Å². The predicted molar refractivity (Wildman–Crippen MR) is 81.3 cm³/mol. The average Bonchev–Trinajstić information content (AvgIpc) is 2.92. The zero-order chi connectivity index (χ0) is 14.7. The molecule has 0 amide bonds. The Balaban J connectivity index is 1.62. The number of fused-ring (bicyclic) bond motifs is 1. The van der Waals surface area contributed by atoms with Gasteiger partial charge < -0.3 is 20.7 Å². The minimum absolute atomic E-state index is 0.205. The summed E-state index contributed by atoms with van der Waals surface area (Å²) in [5.41, 5.74) is 5.73. The van der Waals surface area contributed by atoms with E-state index in [1.807, 2.05) is 6.92 Å². The highest BCUT2D eigenvalue weighted by Crippen LogP contribution is 2.28. The van der Waals surface area contributed by atoms with Gasteiger partial charge in [0, 0.05) is 18.6 Å². The number of hydrogen-bond acceptors (Lipinski definition) is 7. The third kappa shape index (κ3) is 3.53. The Bertz CT molecular complexity index is 483. The molecule has 116 valence electrons. The van der Waals surface area contributed by atoms with Crippen LogP contribution in [0.4, 0.5) is 11.9 Å². The largest absolute Gasteiger partial charge is 0.463 e. The Hall–Kier alpha value is -1.63. The fraction of sp³-hybridized carbons (Fsp3) is 0.786. The highest BCUT2D eigenvalue weighted by atomic mass is 16.5. The Morgan fingerprint density at radius 2 is 2.19 bits per heavy atom. The summed E-state index contributed by atoms with van der Waals surface area (Å²) in [4.78, 5) is 15.1. The Kier molecular flexibility index (Phi) is 4.38. The van der Waals surface area contributed by atoms with E-state index >= 15 is 0 Å². The first kappa shape index (κ1) is 14.3. The highest BCUT2D eigenvalue weighted by molar-refractivity contribution is 5.33. The molecule has 0 saturated carbocycles. The number of nitrogen functional groups attached to an aromatic ring is 1. The molecule has 2 atom stereocenters. The Morgan fingerprint density at radius 3 is 3.05 bits per heavy atom. The maximum atomic E-state index is 5.73. The number of hydrogen-bond donors (Lipinski definition) is 2. The van der Waals surface area contributed by atoms with Gasteiger partial charge in [0.2, 0.25) is 11.9 Å². The van der Waals surface area contributed by atoms with Gasteiger partial charge in [-0.2, -0.15) is 15.0 Å². The smallest absolute Gasteiger partial charge is 0.323 e. The molecule has 2 aliphatic heterocycles. The normalized spacial score (nSPS) is 25.6. The lowest BCUT2D eigenvalue weighted by atomic mass is 9.98. The molecule has 3 rings (SSSR count). The first-order chi connectivity index (χ1) is 10.2. The molecule has 1 aromatic heterocycles. The number of nitrogens with one attached hydrogen (secondary N) is 1. The second-order valence-electron chi connectivity index (χ2n) is 5.85. The third-order valence-electron chi connectivity index (χ3n) is 4.22. The average molecular weight is 292 g/mol. The first-order valence-corrected chi connectivity index (χ1v) is 7.89. The number of ether oxygens (including phenoxy) is 1. The monoisotopic (exact) mass is 292 g/mol. The van der Waals surface area contributed by atoms with Crippen LogP contribution in [0.3, 0.4) is 0 Å². The molecule has 2 fully saturated rings. The van der Waals surface area contributed by atoms with Gasteiger partial charge in [0.1, 0.15) is 0 Å². The minimum Gasteiger partial charge on any atom is -0.463 e. The summed E-state index contributed by atoms with van der Waals surface area (Å²) in [7, 11) is 0. The van der Waals surface area contributed by atoms with Crippen molar-refractivity contribution in [3.8, 4) is 6.01 Å². The summed E-state index contributed by atoms with van der Waals surface area (Å²) >= 11 is 0. The summed E-state index contributed by atoms with van der Waals surface area (Å²) in [5, 5.41) is 3.40.